The summed E-state index contributed by atoms with van der Waals surface area (Å²) in [5.74, 6) is 0.579. The highest BCUT2D eigenvalue weighted by atomic mass is 16.5. The topological polar surface area (TPSA) is 89.8 Å². The number of furan rings is 1. The molecule has 0 saturated carbocycles. The quantitative estimate of drug-likeness (QED) is 0.471. The van der Waals surface area contributed by atoms with Gasteiger partial charge >= 0.3 is 0 Å². The number of hydrazine groups is 1. The Balaban J connectivity index is 1.57. The van der Waals surface area contributed by atoms with E-state index in [0.717, 1.165) is 17.4 Å². The Hall–Kier alpha value is -3.74. The van der Waals surface area contributed by atoms with Gasteiger partial charge in [-0.15, -0.1) is 0 Å². The van der Waals surface area contributed by atoms with Gasteiger partial charge in [-0.3, -0.25) is 20.4 Å². The molecule has 0 radical (unpaired) electrons. The molecule has 0 bridgehead atoms. The highest BCUT2D eigenvalue weighted by Gasteiger charge is 2.11. The number of hydrogen-bond donors (Lipinski definition) is 2. The zero-order valence-corrected chi connectivity index (χ0v) is 16.2. The van der Waals surface area contributed by atoms with Gasteiger partial charge < -0.3 is 13.9 Å². The molecule has 1 heterocycles. The van der Waals surface area contributed by atoms with E-state index >= 15 is 0 Å². The van der Waals surface area contributed by atoms with Gasteiger partial charge in [-0.2, -0.15) is 0 Å². The number of nitrogens with one attached hydrogen (secondary N) is 2. The van der Waals surface area contributed by atoms with E-state index in [1.165, 1.54) is 19.3 Å². The van der Waals surface area contributed by atoms with Crippen molar-refractivity contribution >= 4 is 28.9 Å². The van der Waals surface area contributed by atoms with E-state index in [9.17, 15) is 9.59 Å². The van der Waals surface area contributed by atoms with E-state index in [1.807, 2.05) is 37.3 Å². The molecule has 3 rings (SSSR count). The summed E-state index contributed by atoms with van der Waals surface area (Å²) >= 11 is 0. The van der Waals surface area contributed by atoms with Crippen LogP contribution >= 0.6 is 0 Å². The van der Waals surface area contributed by atoms with Gasteiger partial charge in [0.15, 0.2) is 11.5 Å². The first-order valence-corrected chi connectivity index (χ1v) is 9.18. The van der Waals surface area contributed by atoms with Gasteiger partial charge in [-0.1, -0.05) is 25.1 Å². The highest BCUT2D eigenvalue weighted by molar-refractivity contribution is 5.98. The molecule has 29 heavy (non-hydrogen) atoms. The van der Waals surface area contributed by atoms with Crippen LogP contribution in [0.4, 0.5) is 0 Å². The van der Waals surface area contributed by atoms with Gasteiger partial charge in [0.25, 0.3) is 11.8 Å². The molecular formula is C22H22N2O5. The first-order valence-electron chi connectivity index (χ1n) is 9.18. The fraction of sp³-hybridized carbons (Fsp3) is 0.182. The van der Waals surface area contributed by atoms with Crippen molar-refractivity contribution in [1.82, 2.24) is 10.9 Å². The summed E-state index contributed by atoms with van der Waals surface area (Å²) in [5, 5.41) is 0.946. The minimum absolute atomic E-state index is 0.326. The molecule has 0 saturated heterocycles. The van der Waals surface area contributed by atoms with Gasteiger partial charge in [0.1, 0.15) is 11.3 Å². The number of benzene rings is 2. The molecular weight excluding hydrogens is 372 g/mol. The van der Waals surface area contributed by atoms with Crippen LogP contribution in [0.2, 0.25) is 0 Å². The molecule has 3 aromatic rings. The standard InChI is InChI=1S/C22H22N2O5/c1-3-12-28-19-10-8-16(14-20(19)27-2)22(26)24-23-21(25)11-9-17-13-15-6-4-5-7-18(15)29-17/h4-11,13-14H,3,12H2,1-2H3,(H,23,25)(H,24,26)/b11-9+. The van der Waals surface area contributed by atoms with Crippen LogP contribution in [0.1, 0.15) is 29.5 Å². The second-order valence-corrected chi connectivity index (χ2v) is 6.18. The number of hydrogen-bond acceptors (Lipinski definition) is 5. The van der Waals surface area contributed by atoms with Gasteiger partial charge in [0, 0.05) is 17.0 Å². The minimum Gasteiger partial charge on any atom is -0.493 e. The first kappa shape index (κ1) is 20.0. The number of carbonyl (C=O) groups is 2. The maximum absolute atomic E-state index is 12.3. The Morgan fingerprint density at radius 2 is 1.90 bits per heavy atom. The summed E-state index contributed by atoms with van der Waals surface area (Å²) in [6, 6.07) is 14.2. The van der Waals surface area contributed by atoms with Crippen LogP contribution in [0.25, 0.3) is 17.0 Å². The lowest BCUT2D eigenvalue weighted by Gasteiger charge is -2.11. The Bertz CT molecular complexity index is 1010. The van der Waals surface area contributed by atoms with Crippen molar-refractivity contribution < 1.29 is 23.5 Å². The summed E-state index contributed by atoms with van der Waals surface area (Å²) in [6.45, 7) is 2.55. The average Bonchev–Trinajstić information content (AvgIpc) is 3.17. The Morgan fingerprint density at radius 1 is 1.07 bits per heavy atom. The van der Waals surface area contributed by atoms with E-state index in [-0.39, 0.29) is 0 Å². The fourth-order valence-corrected chi connectivity index (χ4v) is 2.61. The summed E-state index contributed by atoms with van der Waals surface area (Å²) in [4.78, 5) is 24.2. The summed E-state index contributed by atoms with van der Waals surface area (Å²) < 4.78 is 16.4. The molecule has 0 atom stereocenters. The van der Waals surface area contributed by atoms with Crippen molar-refractivity contribution in [3.63, 3.8) is 0 Å². The van der Waals surface area contributed by atoms with E-state index in [2.05, 4.69) is 10.9 Å². The molecule has 0 aliphatic rings. The molecule has 7 heteroatoms. The lowest BCUT2D eigenvalue weighted by Crippen LogP contribution is -2.40. The predicted molar refractivity (Wildman–Crippen MR) is 110 cm³/mol. The number of fused-ring (bicyclic) bond motifs is 1. The molecule has 0 spiro atoms. The zero-order chi connectivity index (χ0) is 20.6. The second kappa shape index (κ2) is 9.45. The molecule has 0 fully saturated rings. The van der Waals surface area contributed by atoms with Crippen molar-refractivity contribution in [3.8, 4) is 11.5 Å². The molecule has 0 unspecified atom stereocenters. The smallest absolute Gasteiger partial charge is 0.269 e. The van der Waals surface area contributed by atoms with Crippen LogP contribution in [0, 0.1) is 0 Å². The maximum Gasteiger partial charge on any atom is 0.269 e. The second-order valence-electron chi connectivity index (χ2n) is 6.18. The van der Waals surface area contributed by atoms with Crippen molar-refractivity contribution in [2.75, 3.05) is 13.7 Å². The zero-order valence-electron chi connectivity index (χ0n) is 16.2. The highest BCUT2D eigenvalue weighted by Crippen LogP contribution is 2.28. The van der Waals surface area contributed by atoms with Gasteiger partial charge in [-0.05, 0) is 42.8 Å². The monoisotopic (exact) mass is 394 g/mol. The van der Waals surface area contributed by atoms with Crippen LogP contribution < -0.4 is 20.3 Å². The maximum atomic E-state index is 12.3. The molecule has 7 nitrogen and oxygen atoms in total. The van der Waals surface area contributed by atoms with Crippen LogP contribution in [-0.2, 0) is 4.79 Å². The average molecular weight is 394 g/mol. The minimum atomic E-state index is -0.492. The van der Waals surface area contributed by atoms with E-state index in [0.29, 0.717) is 29.4 Å². The number of carbonyl (C=O) groups excluding carboxylic acids is 2. The van der Waals surface area contributed by atoms with Crippen LogP contribution in [0.3, 0.4) is 0 Å². The lowest BCUT2D eigenvalue weighted by molar-refractivity contribution is -0.117. The van der Waals surface area contributed by atoms with Crippen molar-refractivity contribution in [2.24, 2.45) is 0 Å². The van der Waals surface area contributed by atoms with E-state index in [1.54, 1.807) is 18.2 Å². The van der Waals surface area contributed by atoms with Gasteiger partial charge in [-0.25, -0.2) is 0 Å². The van der Waals surface area contributed by atoms with Crippen molar-refractivity contribution in [2.45, 2.75) is 13.3 Å². The first-order chi connectivity index (χ1) is 14.1. The number of rotatable bonds is 7. The fourth-order valence-electron chi connectivity index (χ4n) is 2.61. The van der Waals surface area contributed by atoms with E-state index in [4.69, 9.17) is 13.9 Å². The van der Waals surface area contributed by atoms with Crippen LogP contribution in [0.5, 0.6) is 11.5 Å². The molecule has 1 aromatic heterocycles. The Labute approximate surface area is 168 Å². The molecule has 0 aliphatic carbocycles. The largest absolute Gasteiger partial charge is 0.493 e. The summed E-state index contributed by atoms with van der Waals surface area (Å²) in [5.41, 5.74) is 5.75. The third-order valence-electron chi connectivity index (χ3n) is 4.03. The lowest BCUT2D eigenvalue weighted by atomic mass is 10.2. The third-order valence-corrected chi connectivity index (χ3v) is 4.03. The van der Waals surface area contributed by atoms with Gasteiger partial charge in [0.05, 0.1) is 13.7 Å². The van der Waals surface area contributed by atoms with Crippen LogP contribution in [0.15, 0.2) is 59.0 Å². The number of methoxy groups -OCH3 is 1. The molecule has 2 N–H and O–H groups in total. The Kier molecular flexibility index (Phi) is 6.52. The molecule has 150 valence electrons. The molecule has 2 aromatic carbocycles. The number of amides is 2. The summed E-state index contributed by atoms with van der Waals surface area (Å²) in [6.07, 6.45) is 3.67. The predicted octanol–water partition coefficient (Wildman–Crippen LogP) is 3.70. The van der Waals surface area contributed by atoms with Crippen LogP contribution in [-0.4, -0.2) is 25.5 Å². The summed E-state index contributed by atoms with van der Waals surface area (Å²) in [7, 11) is 1.50. The van der Waals surface area contributed by atoms with Crippen molar-refractivity contribution in [3.05, 3.63) is 65.9 Å². The number of para-hydroxylation sites is 1. The van der Waals surface area contributed by atoms with Crippen molar-refractivity contribution in [1.29, 1.82) is 0 Å². The molecule has 0 aliphatic heterocycles. The molecule has 2 amide bonds. The van der Waals surface area contributed by atoms with Gasteiger partial charge in [0.2, 0.25) is 0 Å². The number of ether oxygens (including phenoxy) is 2. The van der Waals surface area contributed by atoms with E-state index < -0.39 is 11.8 Å². The Morgan fingerprint density at radius 3 is 2.66 bits per heavy atom. The third kappa shape index (κ3) is 5.16. The normalized spacial score (nSPS) is 10.8. The SMILES string of the molecule is CCCOc1ccc(C(=O)NNC(=O)/C=C/c2cc3ccccc3o2)cc1OC.